The predicted molar refractivity (Wildman–Crippen MR) is 103 cm³/mol. The van der Waals surface area contributed by atoms with Gasteiger partial charge in [-0.15, -0.1) is 0 Å². The highest BCUT2D eigenvalue weighted by molar-refractivity contribution is 5.93. The van der Waals surface area contributed by atoms with E-state index in [1.165, 1.54) is 12.4 Å². The summed E-state index contributed by atoms with van der Waals surface area (Å²) in [4.78, 5) is 24.6. The van der Waals surface area contributed by atoms with Crippen molar-refractivity contribution in [2.24, 2.45) is 0 Å². The zero-order valence-electron chi connectivity index (χ0n) is 15.1. The van der Waals surface area contributed by atoms with Crippen LogP contribution in [0.15, 0.2) is 61.2 Å². The lowest BCUT2D eigenvalue weighted by atomic mass is 10.1. The highest BCUT2D eigenvalue weighted by Gasteiger charge is 2.07. The molecule has 1 amide bonds. The van der Waals surface area contributed by atoms with Gasteiger partial charge in [-0.05, 0) is 35.7 Å². The molecule has 0 atom stereocenters. The second kappa shape index (κ2) is 9.28. The van der Waals surface area contributed by atoms with Crippen LogP contribution in [-0.4, -0.2) is 34.5 Å². The van der Waals surface area contributed by atoms with E-state index < -0.39 is 0 Å². The lowest BCUT2D eigenvalue weighted by Gasteiger charge is -2.07. The Hall–Kier alpha value is -3.48. The number of rotatable bonds is 8. The minimum atomic E-state index is -0.197. The van der Waals surface area contributed by atoms with E-state index in [0.717, 1.165) is 16.9 Å². The predicted octanol–water partition coefficient (Wildman–Crippen LogP) is 2.46. The number of amides is 1. The van der Waals surface area contributed by atoms with Gasteiger partial charge in [-0.25, -0.2) is 9.97 Å². The number of carbonyl (C=O) groups excluding carboxylic acids is 1. The van der Waals surface area contributed by atoms with Crippen LogP contribution in [0.4, 0.5) is 5.95 Å². The number of methoxy groups -OCH3 is 1. The van der Waals surface area contributed by atoms with Gasteiger partial charge in [0.25, 0.3) is 5.91 Å². The molecule has 138 valence electrons. The average Bonchev–Trinajstić information content (AvgIpc) is 2.73. The van der Waals surface area contributed by atoms with Gasteiger partial charge in [-0.2, -0.15) is 0 Å². The van der Waals surface area contributed by atoms with Gasteiger partial charge in [-0.3, -0.25) is 9.78 Å². The van der Waals surface area contributed by atoms with Crippen LogP contribution >= 0.6 is 0 Å². The first-order valence-electron chi connectivity index (χ1n) is 8.60. The fourth-order valence-electron chi connectivity index (χ4n) is 2.47. The quantitative estimate of drug-likeness (QED) is 0.639. The average molecular weight is 363 g/mol. The topological polar surface area (TPSA) is 89.0 Å². The molecule has 0 spiro atoms. The number of anilines is 1. The Balaban J connectivity index is 1.47. The summed E-state index contributed by atoms with van der Waals surface area (Å²) in [6.07, 6.45) is 7.24. The molecular weight excluding hydrogens is 342 g/mol. The molecule has 0 bridgehead atoms. The summed E-state index contributed by atoms with van der Waals surface area (Å²) < 4.78 is 5.20. The maximum absolute atomic E-state index is 12.2. The van der Waals surface area contributed by atoms with E-state index in [1.807, 2.05) is 36.4 Å². The highest BCUT2D eigenvalue weighted by atomic mass is 16.5. The van der Waals surface area contributed by atoms with Gasteiger partial charge >= 0.3 is 0 Å². The van der Waals surface area contributed by atoms with Gasteiger partial charge in [0.2, 0.25) is 5.95 Å². The number of benzene rings is 1. The number of carbonyl (C=O) groups is 1. The summed E-state index contributed by atoms with van der Waals surface area (Å²) in [7, 11) is 1.64. The molecule has 0 fully saturated rings. The van der Waals surface area contributed by atoms with Crippen LogP contribution in [0.1, 0.15) is 21.5 Å². The third-order valence-electron chi connectivity index (χ3n) is 3.92. The molecule has 0 aliphatic rings. The maximum atomic E-state index is 12.2. The first-order valence-corrected chi connectivity index (χ1v) is 8.60. The molecule has 7 nitrogen and oxygen atoms in total. The molecule has 2 heterocycles. The molecule has 1 aromatic carbocycles. The van der Waals surface area contributed by atoms with Crippen molar-refractivity contribution in [3.8, 4) is 5.75 Å². The van der Waals surface area contributed by atoms with Crippen molar-refractivity contribution in [2.45, 2.75) is 13.0 Å². The SMILES string of the molecule is COc1cccc(CCNC(=O)c2cnc(NCc3cccnc3)nc2)c1. The van der Waals surface area contributed by atoms with Crippen LogP contribution in [0.3, 0.4) is 0 Å². The Morgan fingerprint density at radius 1 is 1.07 bits per heavy atom. The number of pyridine rings is 1. The first-order chi connectivity index (χ1) is 13.2. The number of hydrogen-bond acceptors (Lipinski definition) is 6. The van der Waals surface area contributed by atoms with Gasteiger partial charge < -0.3 is 15.4 Å². The first kappa shape index (κ1) is 18.3. The summed E-state index contributed by atoms with van der Waals surface area (Å²) in [5.41, 5.74) is 2.55. The fraction of sp³-hybridized carbons (Fsp3) is 0.200. The number of ether oxygens (including phenoxy) is 1. The van der Waals surface area contributed by atoms with Gasteiger partial charge in [-0.1, -0.05) is 18.2 Å². The molecule has 0 unspecified atom stereocenters. The van der Waals surface area contributed by atoms with E-state index in [2.05, 4.69) is 25.6 Å². The molecule has 27 heavy (non-hydrogen) atoms. The molecule has 0 radical (unpaired) electrons. The molecule has 0 saturated heterocycles. The normalized spacial score (nSPS) is 10.3. The molecule has 2 N–H and O–H groups in total. The van der Waals surface area contributed by atoms with Crippen LogP contribution in [0.2, 0.25) is 0 Å². The standard InChI is InChI=1S/C20H21N5O2/c1-27-18-6-2-4-15(10-18)7-9-22-19(26)17-13-24-20(25-14-17)23-12-16-5-3-8-21-11-16/h2-6,8,10-11,13-14H,7,9,12H2,1H3,(H,22,26)(H,23,24,25). The van der Waals surface area contributed by atoms with E-state index in [-0.39, 0.29) is 5.91 Å². The number of hydrogen-bond donors (Lipinski definition) is 2. The number of aromatic nitrogens is 3. The molecule has 0 aliphatic carbocycles. The van der Waals surface area contributed by atoms with Gasteiger partial charge in [0.15, 0.2) is 0 Å². The van der Waals surface area contributed by atoms with E-state index in [9.17, 15) is 4.79 Å². The molecule has 7 heteroatoms. The van der Waals surface area contributed by atoms with E-state index >= 15 is 0 Å². The summed E-state index contributed by atoms with van der Waals surface area (Å²) in [5.74, 6) is 1.07. The Bertz CT molecular complexity index is 869. The van der Waals surface area contributed by atoms with Crippen LogP contribution in [0.5, 0.6) is 5.75 Å². The molecule has 3 rings (SSSR count). The largest absolute Gasteiger partial charge is 0.497 e. The third-order valence-corrected chi connectivity index (χ3v) is 3.92. The zero-order valence-corrected chi connectivity index (χ0v) is 15.1. The summed E-state index contributed by atoms with van der Waals surface area (Å²) in [6.45, 7) is 1.09. The minimum absolute atomic E-state index is 0.197. The highest BCUT2D eigenvalue weighted by Crippen LogP contribution is 2.12. The lowest BCUT2D eigenvalue weighted by Crippen LogP contribution is -2.26. The summed E-state index contributed by atoms with van der Waals surface area (Å²) in [5, 5.41) is 5.97. The maximum Gasteiger partial charge on any atom is 0.254 e. The molecule has 2 aromatic heterocycles. The van der Waals surface area contributed by atoms with Gasteiger partial charge in [0.05, 0.1) is 12.7 Å². The number of nitrogens with zero attached hydrogens (tertiary/aromatic N) is 3. The molecule has 0 saturated carbocycles. The fourth-order valence-corrected chi connectivity index (χ4v) is 2.47. The number of nitrogens with one attached hydrogen (secondary N) is 2. The smallest absolute Gasteiger partial charge is 0.254 e. The zero-order chi connectivity index (χ0) is 18.9. The van der Waals surface area contributed by atoms with Crippen LogP contribution in [-0.2, 0) is 13.0 Å². The van der Waals surface area contributed by atoms with Gasteiger partial charge in [0, 0.05) is 37.9 Å². The van der Waals surface area contributed by atoms with Crippen molar-refractivity contribution >= 4 is 11.9 Å². The van der Waals surface area contributed by atoms with Crippen molar-refractivity contribution in [1.82, 2.24) is 20.3 Å². The Kier molecular flexibility index (Phi) is 6.30. The van der Waals surface area contributed by atoms with E-state index in [4.69, 9.17) is 4.74 Å². The molecule has 3 aromatic rings. The Labute approximate surface area is 157 Å². The minimum Gasteiger partial charge on any atom is -0.497 e. The second-order valence-electron chi connectivity index (χ2n) is 5.87. The van der Waals surface area contributed by atoms with Crippen molar-refractivity contribution in [2.75, 3.05) is 19.0 Å². The third kappa shape index (κ3) is 5.50. The van der Waals surface area contributed by atoms with Crippen LogP contribution in [0.25, 0.3) is 0 Å². The lowest BCUT2D eigenvalue weighted by molar-refractivity contribution is 0.0953. The summed E-state index contributed by atoms with van der Waals surface area (Å²) >= 11 is 0. The van der Waals surface area contributed by atoms with Crippen molar-refractivity contribution < 1.29 is 9.53 Å². The monoisotopic (exact) mass is 363 g/mol. The van der Waals surface area contributed by atoms with Crippen molar-refractivity contribution in [3.63, 3.8) is 0 Å². The van der Waals surface area contributed by atoms with Gasteiger partial charge in [0.1, 0.15) is 5.75 Å². The Morgan fingerprint density at radius 2 is 1.89 bits per heavy atom. The van der Waals surface area contributed by atoms with Crippen LogP contribution < -0.4 is 15.4 Å². The van der Waals surface area contributed by atoms with Crippen LogP contribution in [0, 0.1) is 0 Å². The Morgan fingerprint density at radius 3 is 2.63 bits per heavy atom. The van der Waals surface area contributed by atoms with E-state index in [0.29, 0.717) is 31.0 Å². The molecule has 0 aliphatic heterocycles. The van der Waals surface area contributed by atoms with Crippen molar-refractivity contribution in [1.29, 1.82) is 0 Å². The second-order valence-corrected chi connectivity index (χ2v) is 5.87. The molecular formula is C20H21N5O2. The summed E-state index contributed by atoms with van der Waals surface area (Å²) in [6, 6.07) is 11.6. The van der Waals surface area contributed by atoms with E-state index in [1.54, 1.807) is 19.5 Å². The van der Waals surface area contributed by atoms with Crippen molar-refractivity contribution in [3.05, 3.63) is 77.9 Å².